The molecule has 2 aromatic carbocycles. The molecule has 0 saturated heterocycles. The molecule has 1 amide bonds. The van der Waals surface area contributed by atoms with Gasteiger partial charge in [-0.1, -0.05) is 31.2 Å². The number of carbonyl (C=O) groups is 1. The molecule has 0 aliphatic carbocycles. The molecule has 0 aliphatic heterocycles. The molecule has 1 atom stereocenters. The number of nitrogens with one attached hydrogen (secondary N) is 2. The number of aromatic nitrogens is 2. The van der Waals surface area contributed by atoms with Gasteiger partial charge in [0.1, 0.15) is 11.6 Å². The Balaban J connectivity index is 1.77. The third kappa shape index (κ3) is 4.20. The minimum atomic E-state index is -0.424. The highest BCUT2D eigenvalue weighted by Gasteiger charge is 2.22. The second-order valence-electron chi connectivity index (χ2n) is 6.46. The number of fused-ring (bicyclic) bond motifs is 1. The highest BCUT2D eigenvalue weighted by Crippen LogP contribution is 2.23. The predicted molar refractivity (Wildman–Crippen MR) is 110 cm³/mol. The fourth-order valence-electron chi connectivity index (χ4n) is 3.08. The van der Waals surface area contributed by atoms with Gasteiger partial charge in [0.2, 0.25) is 5.91 Å². The monoisotopic (exact) mass is 380 g/mol. The van der Waals surface area contributed by atoms with Crippen molar-refractivity contribution in [2.24, 2.45) is 0 Å². The molecule has 0 aliphatic rings. The Bertz CT molecular complexity index is 1030. The zero-order valence-corrected chi connectivity index (χ0v) is 16.2. The normalized spacial score (nSPS) is 12.1. The quantitative estimate of drug-likeness (QED) is 0.658. The number of hydrogen-bond donors (Lipinski definition) is 2. The van der Waals surface area contributed by atoms with Crippen molar-refractivity contribution in [2.45, 2.75) is 26.4 Å². The minimum Gasteiger partial charge on any atom is -0.495 e. The fraction of sp³-hybridized carbons (Fsp3) is 0.286. The average molecular weight is 380 g/mol. The first-order valence-electron chi connectivity index (χ1n) is 9.19. The lowest BCUT2D eigenvalue weighted by Crippen LogP contribution is -2.42. The molecule has 1 unspecified atom stereocenters. The van der Waals surface area contributed by atoms with E-state index >= 15 is 0 Å². The Kier molecular flexibility index (Phi) is 6.06. The topological polar surface area (TPSA) is 87.3 Å². The van der Waals surface area contributed by atoms with Crippen molar-refractivity contribution < 1.29 is 9.53 Å². The van der Waals surface area contributed by atoms with Crippen LogP contribution in [0.1, 0.15) is 19.7 Å². The van der Waals surface area contributed by atoms with E-state index in [0.717, 1.165) is 0 Å². The zero-order chi connectivity index (χ0) is 20.1. The number of benzene rings is 2. The van der Waals surface area contributed by atoms with Gasteiger partial charge in [-0.2, -0.15) is 0 Å². The van der Waals surface area contributed by atoms with Gasteiger partial charge in [-0.25, -0.2) is 4.98 Å². The first-order valence-corrected chi connectivity index (χ1v) is 9.19. The number of para-hydroxylation sites is 3. The lowest BCUT2D eigenvalue weighted by molar-refractivity contribution is -0.120. The van der Waals surface area contributed by atoms with E-state index in [2.05, 4.69) is 15.3 Å². The number of anilines is 1. The maximum absolute atomic E-state index is 12.7. The van der Waals surface area contributed by atoms with Gasteiger partial charge in [-0.15, -0.1) is 0 Å². The van der Waals surface area contributed by atoms with E-state index in [4.69, 9.17) is 4.74 Å². The van der Waals surface area contributed by atoms with Gasteiger partial charge in [0.05, 0.1) is 36.3 Å². The van der Waals surface area contributed by atoms with Crippen LogP contribution in [0.25, 0.3) is 10.9 Å². The van der Waals surface area contributed by atoms with Gasteiger partial charge in [-0.3, -0.25) is 14.5 Å². The zero-order valence-electron chi connectivity index (χ0n) is 16.2. The number of aromatic amines is 1. The van der Waals surface area contributed by atoms with Gasteiger partial charge in [-0.05, 0) is 37.7 Å². The second kappa shape index (κ2) is 8.67. The summed E-state index contributed by atoms with van der Waals surface area (Å²) in [6.45, 7) is 4.77. The molecular formula is C21H24N4O3. The summed E-state index contributed by atoms with van der Waals surface area (Å²) in [6.07, 6.45) is 0. The van der Waals surface area contributed by atoms with Crippen molar-refractivity contribution in [1.29, 1.82) is 0 Å². The summed E-state index contributed by atoms with van der Waals surface area (Å²) in [5.74, 6) is 0.976. The van der Waals surface area contributed by atoms with Gasteiger partial charge < -0.3 is 15.0 Å². The Morgan fingerprint density at radius 1 is 1.21 bits per heavy atom. The van der Waals surface area contributed by atoms with E-state index in [1.54, 1.807) is 25.3 Å². The molecule has 28 heavy (non-hydrogen) atoms. The number of likely N-dealkylation sites (N-methyl/N-ethyl adjacent to an activating group) is 1. The molecule has 0 saturated carbocycles. The van der Waals surface area contributed by atoms with Crippen LogP contribution in [0.5, 0.6) is 5.75 Å². The first kappa shape index (κ1) is 19.6. The highest BCUT2D eigenvalue weighted by atomic mass is 16.5. The number of rotatable bonds is 7. The van der Waals surface area contributed by atoms with Crippen molar-refractivity contribution in [3.63, 3.8) is 0 Å². The average Bonchev–Trinajstić information content (AvgIpc) is 2.72. The van der Waals surface area contributed by atoms with E-state index in [1.807, 2.05) is 49.1 Å². The van der Waals surface area contributed by atoms with E-state index in [1.165, 1.54) is 0 Å². The van der Waals surface area contributed by atoms with Crippen LogP contribution in [0.3, 0.4) is 0 Å². The second-order valence-corrected chi connectivity index (χ2v) is 6.46. The van der Waals surface area contributed by atoms with Crippen LogP contribution in [0.4, 0.5) is 5.69 Å². The molecule has 7 nitrogen and oxygen atoms in total. The summed E-state index contributed by atoms with van der Waals surface area (Å²) in [6, 6.07) is 14.0. The number of ether oxygens (including phenoxy) is 1. The van der Waals surface area contributed by atoms with Crippen molar-refractivity contribution in [1.82, 2.24) is 14.9 Å². The van der Waals surface area contributed by atoms with Crippen LogP contribution in [0.2, 0.25) is 0 Å². The summed E-state index contributed by atoms with van der Waals surface area (Å²) in [4.78, 5) is 34.3. The highest BCUT2D eigenvalue weighted by molar-refractivity contribution is 5.95. The summed E-state index contributed by atoms with van der Waals surface area (Å²) in [5, 5.41) is 3.46. The molecule has 3 rings (SSSR count). The number of hydrogen-bond acceptors (Lipinski definition) is 5. The molecule has 7 heteroatoms. The standard InChI is InChI=1S/C21H24N4O3/c1-4-25(13-19-22-16-10-6-5-9-15(16)21(27)24-19)14(2)20(26)23-17-11-7-8-12-18(17)28-3/h5-12,14H,4,13H2,1-3H3,(H,23,26)(H,22,24,27). The van der Waals surface area contributed by atoms with Crippen molar-refractivity contribution in [2.75, 3.05) is 19.0 Å². The van der Waals surface area contributed by atoms with Crippen LogP contribution in [-0.2, 0) is 11.3 Å². The minimum absolute atomic E-state index is 0.158. The number of carbonyl (C=O) groups excluding carboxylic acids is 1. The Hall–Kier alpha value is -3.19. The Labute approximate surface area is 163 Å². The molecule has 0 bridgehead atoms. The molecule has 146 valence electrons. The van der Waals surface area contributed by atoms with E-state index in [0.29, 0.717) is 41.3 Å². The SMILES string of the molecule is CCN(Cc1nc2ccccc2c(=O)[nH]1)C(C)C(=O)Nc1ccccc1OC. The van der Waals surface area contributed by atoms with Crippen LogP contribution in [0.15, 0.2) is 53.3 Å². The third-order valence-corrected chi connectivity index (χ3v) is 4.71. The molecule has 0 spiro atoms. The third-order valence-electron chi connectivity index (χ3n) is 4.71. The van der Waals surface area contributed by atoms with Gasteiger partial charge in [0, 0.05) is 0 Å². The lowest BCUT2D eigenvalue weighted by Gasteiger charge is -2.26. The number of amides is 1. The molecule has 1 heterocycles. The molecule has 0 fully saturated rings. The summed E-state index contributed by atoms with van der Waals surface area (Å²) < 4.78 is 5.28. The van der Waals surface area contributed by atoms with Crippen molar-refractivity contribution >= 4 is 22.5 Å². The van der Waals surface area contributed by atoms with Crippen LogP contribution < -0.4 is 15.6 Å². The molecule has 2 N–H and O–H groups in total. The molecule has 1 aromatic heterocycles. The van der Waals surface area contributed by atoms with Crippen molar-refractivity contribution in [3.05, 3.63) is 64.7 Å². The van der Waals surface area contributed by atoms with Crippen LogP contribution in [-0.4, -0.2) is 40.5 Å². The van der Waals surface area contributed by atoms with Gasteiger partial charge >= 0.3 is 0 Å². The number of H-pyrrole nitrogens is 1. The van der Waals surface area contributed by atoms with Gasteiger partial charge in [0.15, 0.2) is 0 Å². The predicted octanol–water partition coefficient (Wildman–Crippen LogP) is 2.78. The maximum Gasteiger partial charge on any atom is 0.258 e. The van der Waals surface area contributed by atoms with E-state index in [-0.39, 0.29) is 11.5 Å². The molecule has 3 aromatic rings. The lowest BCUT2D eigenvalue weighted by atomic mass is 10.2. The smallest absolute Gasteiger partial charge is 0.258 e. The molecular weight excluding hydrogens is 356 g/mol. The number of nitrogens with zero attached hydrogens (tertiary/aromatic N) is 2. The first-order chi connectivity index (χ1) is 13.5. The summed E-state index contributed by atoms with van der Waals surface area (Å²) >= 11 is 0. The largest absolute Gasteiger partial charge is 0.495 e. The van der Waals surface area contributed by atoms with Crippen molar-refractivity contribution in [3.8, 4) is 5.75 Å². The summed E-state index contributed by atoms with van der Waals surface area (Å²) in [5.41, 5.74) is 1.08. The Morgan fingerprint density at radius 3 is 2.68 bits per heavy atom. The molecule has 0 radical (unpaired) electrons. The van der Waals surface area contributed by atoms with Crippen LogP contribution >= 0.6 is 0 Å². The Morgan fingerprint density at radius 2 is 1.93 bits per heavy atom. The van der Waals surface area contributed by atoms with E-state index < -0.39 is 6.04 Å². The van der Waals surface area contributed by atoms with Gasteiger partial charge in [0.25, 0.3) is 5.56 Å². The fourth-order valence-corrected chi connectivity index (χ4v) is 3.08. The van der Waals surface area contributed by atoms with Crippen LogP contribution in [0, 0.1) is 0 Å². The summed E-state index contributed by atoms with van der Waals surface area (Å²) in [7, 11) is 1.56. The number of methoxy groups -OCH3 is 1. The van der Waals surface area contributed by atoms with E-state index in [9.17, 15) is 9.59 Å². The maximum atomic E-state index is 12.7.